The van der Waals surface area contributed by atoms with Crippen LogP contribution in [0, 0.1) is 11.3 Å². The maximum absolute atomic E-state index is 9.22. The molecule has 1 atom stereocenters. The van der Waals surface area contributed by atoms with Gasteiger partial charge < -0.3 is 0 Å². The van der Waals surface area contributed by atoms with E-state index in [9.17, 15) is 5.26 Å². The number of benzene rings is 1. The Kier molecular flexibility index (Phi) is 4.95. The van der Waals surface area contributed by atoms with Gasteiger partial charge in [0.25, 0.3) is 0 Å². The van der Waals surface area contributed by atoms with Crippen molar-refractivity contribution in [3.05, 3.63) is 55.1 Å². The van der Waals surface area contributed by atoms with Gasteiger partial charge in [-0.15, -0.1) is 11.3 Å². The molecule has 0 radical (unpaired) electrons. The first-order chi connectivity index (χ1) is 8.70. The molecular weight excluding hydrogens is 376 g/mol. The highest BCUT2D eigenvalue weighted by atomic mass is 79.9. The molecular formula is C13H10Br2N2S. The van der Waals surface area contributed by atoms with E-state index in [1.807, 2.05) is 36.4 Å². The molecule has 0 amide bonds. The van der Waals surface area contributed by atoms with E-state index in [-0.39, 0.29) is 6.04 Å². The van der Waals surface area contributed by atoms with Crippen LogP contribution in [-0.4, -0.2) is 0 Å². The van der Waals surface area contributed by atoms with E-state index in [1.54, 1.807) is 11.3 Å². The van der Waals surface area contributed by atoms with Crippen molar-refractivity contribution in [3.63, 3.8) is 0 Å². The Hall–Kier alpha value is -0.670. The summed E-state index contributed by atoms with van der Waals surface area (Å²) in [5.74, 6) is 0. The lowest BCUT2D eigenvalue weighted by molar-refractivity contribution is 0.638. The number of thiophene rings is 1. The van der Waals surface area contributed by atoms with E-state index in [4.69, 9.17) is 0 Å². The first-order valence-electron chi connectivity index (χ1n) is 5.32. The molecule has 5 heteroatoms. The lowest BCUT2D eigenvalue weighted by atomic mass is 10.2. The van der Waals surface area contributed by atoms with Gasteiger partial charge >= 0.3 is 0 Å². The standard InChI is InChI=1S/C13H10Br2N2S/c14-10-6-12(18-13(10)15)11(7-16)17-8-9-4-2-1-3-5-9/h1-6,11,17H,8H2. The summed E-state index contributed by atoms with van der Waals surface area (Å²) < 4.78 is 2.00. The lowest BCUT2D eigenvalue weighted by Crippen LogP contribution is -2.18. The second-order valence-corrected chi connectivity index (χ2v) is 6.96. The summed E-state index contributed by atoms with van der Waals surface area (Å²) in [6.07, 6.45) is 0. The maximum Gasteiger partial charge on any atom is 0.130 e. The molecule has 2 aromatic rings. The summed E-state index contributed by atoms with van der Waals surface area (Å²) in [4.78, 5) is 1.01. The van der Waals surface area contributed by atoms with Gasteiger partial charge in [0, 0.05) is 15.9 Å². The minimum absolute atomic E-state index is 0.280. The van der Waals surface area contributed by atoms with E-state index in [0.717, 1.165) is 13.1 Å². The smallest absolute Gasteiger partial charge is 0.130 e. The van der Waals surface area contributed by atoms with Crippen molar-refractivity contribution in [3.8, 4) is 6.07 Å². The Balaban J connectivity index is 2.05. The van der Waals surface area contributed by atoms with E-state index >= 15 is 0 Å². The van der Waals surface area contributed by atoms with Gasteiger partial charge in [-0.2, -0.15) is 5.26 Å². The number of rotatable bonds is 4. The molecule has 2 nitrogen and oxygen atoms in total. The van der Waals surface area contributed by atoms with Gasteiger partial charge in [-0.3, -0.25) is 5.32 Å². The number of halogens is 2. The third kappa shape index (κ3) is 3.42. The number of nitriles is 1. The molecule has 92 valence electrons. The van der Waals surface area contributed by atoms with Crippen LogP contribution in [0.2, 0.25) is 0 Å². The van der Waals surface area contributed by atoms with Crippen LogP contribution in [-0.2, 0) is 6.54 Å². The first kappa shape index (κ1) is 13.8. The molecule has 1 aromatic carbocycles. The fourth-order valence-electron chi connectivity index (χ4n) is 1.53. The predicted molar refractivity (Wildman–Crippen MR) is 81.4 cm³/mol. The highest BCUT2D eigenvalue weighted by Gasteiger charge is 2.14. The molecule has 0 bridgehead atoms. The lowest BCUT2D eigenvalue weighted by Gasteiger charge is -2.09. The zero-order chi connectivity index (χ0) is 13.0. The largest absolute Gasteiger partial charge is 0.293 e. The molecule has 1 heterocycles. The van der Waals surface area contributed by atoms with Gasteiger partial charge in [-0.1, -0.05) is 30.3 Å². The Morgan fingerprint density at radius 3 is 2.56 bits per heavy atom. The predicted octanol–water partition coefficient (Wildman–Crippen LogP) is 4.63. The molecule has 0 aliphatic carbocycles. The van der Waals surface area contributed by atoms with Gasteiger partial charge in [-0.25, -0.2) is 0 Å². The highest BCUT2D eigenvalue weighted by Crippen LogP contribution is 2.35. The average Bonchev–Trinajstić information content (AvgIpc) is 2.71. The Labute approximate surface area is 127 Å². The van der Waals surface area contributed by atoms with Crippen molar-refractivity contribution in [2.24, 2.45) is 0 Å². The van der Waals surface area contributed by atoms with Crippen molar-refractivity contribution in [2.75, 3.05) is 0 Å². The van der Waals surface area contributed by atoms with Gasteiger partial charge in [0.1, 0.15) is 6.04 Å². The SMILES string of the molecule is N#CC(NCc1ccccc1)c1cc(Br)c(Br)s1. The molecule has 0 saturated heterocycles. The molecule has 1 aromatic heterocycles. The minimum Gasteiger partial charge on any atom is -0.293 e. The molecule has 0 saturated carbocycles. The number of nitrogens with one attached hydrogen (secondary N) is 1. The van der Waals surface area contributed by atoms with Gasteiger partial charge in [0.2, 0.25) is 0 Å². The minimum atomic E-state index is -0.280. The quantitative estimate of drug-likeness (QED) is 0.832. The monoisotopic (exact) mass is 384 g/mol. The van der Waals surface area contributed by atoms with Crippen molar-refractivity contribution in [1.82, 2.24) is 5.32 Å². The highest BCUT2D eigenvalue weighted by molar-refractivity contribution is 9.13. The maximum atomic E-state index is 9.22. The van der Waals surface area contributed by atoms with Crippen LogP contribution in [0.3, 0.4) is 0 Å². The van der Waals surface area contributed by atoms with Crippen LogP contribution in [0.4, 0.5) is 0 Å². The molecule has 0 fully saturated rings. The second-order valence-electron chi connectivity index (χ2n) is 3.70. The normalized spacial score (nSPS) is 12.1. The summed E-state index contributed by atoms with van der Waals surface area (Å²) >= 11 is 8.45. The van der Waals surface area contributed by atoms with Crippen LogP contribution in [0.1, 0.15) is 16.5 Å². The van der Waals surface area contributed by atoms with Gasteiger partial charge in [0.05, 0.1) is 9.86 Å². The Morgan fingerprint density at radius 2 is 2.00 bits per heavy atom. The summed E-state index contributed by atoms with van der Waals surface area (Å²) in [6.45, 7) is 0.687. The first-order valence-corrected chi connectivity index (χ1v) is 7.72. The van der Waals surface area contributed by atoms with E-state index in [0.29, 0.717) is 6.54 Å². The number of hydrogen-bond donors (Lipinski definition) is 1. The van der Waals surface area contributed by atoms with E-state index in [2.05, 4.69) is 43.2 Å². The van der Waals surface area contributed by atoms with Gasteiger partial charge in [0.15, 0.2) is 0 Å². The van der Waals surface area contributed by atoms with Crippen LogP contribution in [0.15, 0.2) is 44.7 Å². The van der Waals surface area contributed by atoms with E-state index < -0.39 is 0 Å². The summed E-state index contributed by atoms with van der Waals surface area (Å²) in [7, 11) is 0. The molecule has 1 unspecified atom stereocenters. The number of hydrogen-bond acceptors (Lipinski definition) is 3. The fourth-order valence-corrected chi connectivity index (χ4v) is 3.64. The van der Waals surface area contributed by atoms with Crippen molar-refractivity contribution in [1.29, 1.82) is 5.26 Å². The van der Waals surface area contributed by atoms with Crippen LogP contribution in [0.25, 0.3) is 0 Å². The molecule has 0 aliphatic rings. The summed E-state index contributed by atoms with van der Waals surface area (Å²) in [5, 5.41) is 12.5. The van der Waals surface area contributed by atoms with Crippen molar-refractivity contribution >= 4 is 43.2 Å². The Bertz CT molecular complexity index is 541. The summed E-state index contributed by atoms with van der Waals surface area (Å²) in [6, 6.07) is 14.0. The van der Waals surface area contributed by atoms with Crippen molar-refractivity contribution < 1.29 is 0 Å². The average molecular weight is 386 g/mol. The van der Waals surface area contributed by atoms with Crippen molar-refractivity contribution in [2.45, 2.75) is 12.6 Å². The molecule has 0 aliphatic heterocycles. The fraction of sp³-hybridized carbons (Fsp3) is 0.154. The van der Waals surface area contributed by atoms with E-state index in [1.165, 1.54) is 5.56 Å². The zero-order valence-electron chi connectivity index (χ0n) is 9.36. The molecule has 1 N–H and O–H groups in total. The number of nitrogens with zero attached hydrogens (tertiary/aromatic N) is 1. The third-order valence-electron chi connectivity index (χ3n) is 2.43. The summed E-state index contributed by atoms with van der Waals surface area (Å²) in [5.41, 5.74) is 1.17. The molecule has 2 rings (SSSR count). The van der Waals surface area contributed by atoms with Crippen LogP contribution >= 0.6 is 43.2 Å². The second kappa shape index (κ2) is 6.48. The topological polar surface area (TPSA) is 35.8 Å². The zero-order valence-corrected chi connectivity index (χ0v) is 13.3. The van der Waals surface area contributed by atoms with Crippen LogP contribution < -0.4 is 5.32 Å². The van der Waals surface area contributed by atoms with Gasteiger partial charge in [-0.05, 0) is 43.5 Å². The third-order valence-corrected chi connectivity index (χ3v) is 5.75. The Morgan fingerprint density at radius 1 is 1.28 bits per heavy atom. The molecule has 0 spiro atoms. The van der Waals surface area contributed by atoms with Crippen LogP contribution in [0.5, 0.6) is 0 Å². The molecule has 18 heavy (non-hydrogen) atoms.